The minimum absolute atomic E-state index is 0.0306. The maximum Gasteiger partial charge on any atom is 0.250 e. The van der Waals surface area contributed by atoms with Crippen LogP contribution in [0.3, 0.4) is 0 Å². The zero-order valence-corrected chi connectivity index (χ0v) is 12.0. The molecule has 4 heteroatoms. The molecule has 1 aromatic carbocycles. The van der Waals surface area contributed by atoms with Gasteiger partial charge >= 0.3 is 0 Å². The van der Waals surface area contributed by atoms with Crippen LogP contribution < -0.4 is 10.1 Å². The number of hydrogen-bond acceptors (Lipinski definition) is 3. The molecular weight excluding hydrogens is 266 g/mol. The average molecular weight is 287 g/mol. The van der Waals surface area contributed by atoms with E-state index in [2.05, 4.69) is 5.32 Å². The number of ether oxygens (including phenoxy) is 1. The summed E-state index contributed by atoms with van der Waals surface area (Å²) in [5.41, 5.74) is 1.64. The number of aliphatic hydroxyl groups excluding tert-OH is 1. The lowest BCUT2D eigenvalue weighted by Gasteiger charge is -2.28. The predicted molar refractivity (Wildman–Crippen MR) is 80.9 cm³/mol. The first-order valence-corrected chi connectivity index (χ1v) is 7.60. The van der Waals surface area contributed by atoms with Crippen LogP contribution >= 0.6 is 0 Å². The van der Waals surface area contributed by atoms with Crippen LogP contribution in [0.2, 0.25) is 0 Å². The molecule has 0 spiro atoms. The van der Waals surface area contributed by atoms with Crippen LogP contribution in [0.25, 0.3) is 6.08 Å². The van der Waals surface area contributed by atoms with Gasteiger partial charge in [0.2, 0.25) is 0 Å². The van der Waals surface area contributed by atoms with E-state index in [-0.39, 0.29) is 18.6 Å². The molecule has 1 amide bonds. The Bertz CT molecular complexity index is 545. The van der Waals surface area contributed by atoms with E-state index in [1.807, 2.05) is 30.3 Å². The maximum absolute atomic E-state index is 12.3. The Hall–Kier alpha value is -1.81. The molecule has 1 aliphatic heterocycles. The van der Waals surface area contributed by atoms with Crippen molar-refractivity contribution in [1.82, 2.24) is 5.32 Å². The molecule has 1 heterocycles. The third-order valence-corrected chi connectivity index (χ3v) is 4.36. The van der Waals surface area contributed by atoms with Crippen molar-refractivity contribution < 1.29 is 14.6 Å². The van der Waals surface area contributed by atoms with Crippen molar-refractivity contribution in [2.75, 3.05) is 13.2 Å². The molecule has 1 fully saturated rings. The second-order valence-corrected chi connectivity index (χ2v) is 5.87. The van der Waals surface area contributed by atoms with Crippen LogP contribution in [-0.4, -0.2) is 30.3 Å². The van der Waals surface area contributed by atoms with Gasteiger partial charge in [0, 0.05) is 18.2 Å². The fourth-order valence-corrected chi connectivity index (χ4v) is 3.01. The molecule has 0 unspecified atom stereocenters. The molecule has 0 saturated heterocycles. The van der Waals surface area contributed by atoms with Crippen molar-refractivity contribution in [2.45, 2.75) is 31.7 Å². The number of benzene rings is 1. The van der Waals surface area contributed by atoms with E-state index in [9.17, 15) is 4.79 Å². The highest BCUT2D eigenvalue weighted by atomic mass is 16.5. The molecule has 0 bridgehead atoms. The van der Waals surface area contributed by atoms with Gasteiger partial charge in [-0.05, 0) is 43.7 Å². The van der Waals surface area contributed by atoms with Gasteiger partial charge in [-0.25, -0.2) is 0 Å². The van der Waals surface area contributed by atoms with Gasteiger partial charge in [-0.1, -0.05) is 18.2 Å². The molecule has 4 nitrogen and oxygen atoms in total. The second-order valence-electron chi connectivity index (χ2n) is 5.87. The van der Waals surface area contributed by atoms with Crippen molar-refractivity contribution in [3.8, 4) is 5.75 Å². The van der Waals surface area contributed by atoms with Gasteiger partial charge in [-0.2, -0.15) is 0 Å². The smallest absolute Gasteiger partial charge is 0.250 e. The van der Waals surface area contributed by atoms with E-state index < -0.39 is 0 Å². The monoisotopic (exact) mass is 287 g/mol. The molecule has 1 saturated carbocycles. The molecule has 112 valence electrons. The van der Waals surface area contributed by atoms with Gasteiger partial charge in [0.1, 0.15) is 12.4 Å². The average Bonchev–Trinajstić information content (AvgIpc) is 2.55. The lowest BCUT2D eigenvalue weighted by atomic mass is 9.86. The minimum Gasteiger partial charge on any atom is -0.488 e. The quantitative estimate of drug-likeness (QED) is 0.895. The van der Waals surface area contributed by atoms with E-state index >= 15 is 0 Å². The lowest BCUT2D eigenvalue weighted by molar-refractivity contribution is -0.118. The van der Waals surface area contributed by atoms with Crippen LogP contribution in [0.5, 0.6) is 5.75 Å². The molecule has 1 aromatic rings. The predicted octanol–water partition coefficient (Wildman–Crippen LogP) is 2.13. The van der Waals surface area contributed by atoms with Gasteiger partial charge in [0.05, 0.1) is 5.57 Å². The standard InChI is InChI=1S/C17H21NO3/c19-10-12-5-7-15(8-6-12)18-17(20)14-9-13-3-1-2-4-16(13)21-11-14/h1-4,9,12,15,19H,5-8,10-11H2,(H,18,20). The number of nitrogens with one attached hydrogen (secondary N) is 1. The van der Waals surface area contributed by atoms with Gasteiger partial charge in [0.25, 0.3) is 5.91 Å². The summed E-state index contributed by atoms with van der Waals surface area (Å²) in [5, 5.41) is 12.2. The van der Waals surface area contributed by atoms with Gasteiger partial charge < -0.3 is 15.2 Å². The Balaban J connectivity index is 1.61. The summed E-state index contributed by atoms with van der Waals surface area (Å²) in [5.74, 6) is 1.21. The zero-order chi connectivity index (χ0) is 14.7. The summed E-state index contributed by atoms with van der Waals surface area (Å²) in [7, 11) is 0. The van der Waals surface area contributed by atoms with Crippen molar-refractivity contribution in [3.05, 3.63) is 35.4 Å². The lowest BCUT2D eigenvalue weighted by Crippen LogP contribution is -2.39. The number of fused-ring (bicyclic) bond motifs is 1. The van der Waals surface area contributed by atoms with Gasteiger partial charge in [0.15, 0.2) is 0 Å². The summed E-state index contributed by atoms with van der Waals surface area (Å²) >= 11 is 0. The Morgan fingerprint density at radius 1 is 1.24 bits per heavy atom. The van der Waals surface area contributed by atoms with E-state index in [1.54, 1.807) is 0 Å². The molecule has 2 aliphatic rings. The van der Waals surface area contributed by atoms with Crippen LogP contribution in [0.4, 0.5) is 0 Å². The number of para-hydroxylation sites is 1. The molecule has 2 N–H and O–H groups in total. The molecular formula is C17H21NO3. The number of amides is 1. The highest BCUT2D eigenvalue weighted by Crippen LogP contribution is 2.27. The van der Waals surface area contributed by atoms with Gasteiger partial charge in [-0.3, -0.25) is 4.79 Å². The van der Waals surface area contributed by atoms with Crippen LogP contribution in [0.1, 0.15) is 31.2 Å². The Morgan fingerprint density at radius 2 is 2.00 bits per heavy atom. The van der Waals surface area contributed by atoms with Crippen LogP contribution in [0.15, 0.2) is 29.8 Å². The number of aliphatic hydroxyl groups is 1. The minimum atomic E-state index is -0.0306. The number of hydrogen-bond donors (Lipinski definition) is 2. The van der Waals surface area contributed by atoms with E-state index in [0.717, 1.165) is 37.0 Å². The van der Waals surface area contributed by atoms with E-state index in [4.69, 9.17) is 9.84 Å². The summed E-state index contributed by atoms with van der Waals surface area (Å²) in [6, 6.07) is 7.95. The molecule has 0 radical (unpaired) electrons. The topological polar surface area (TPSA) is 58.6 Å². The zero-order valence-electron chi connectivity index (χ0n) is 12.0. The summed E-state index contributed by atoms with van der Waals surface area (Å²) < 4.78 is 5.62. The molecule has 1 aliphatic carbocycles. The molecule has 0 atom stereocenters. The normalized spacial score (nSPS) is 24.5. The van der Waals surface area contributed by atoms with Crippen molar-refractivity contribution in [2.24, 2.45) is 5.92 Å². The van der Waals surface area contributed by atoms with Gasteiger partial charge in [-0.15, -0.1) is 0 Å². The first kappa shape index (κ1) is 14.1. The van der Waals surface area contributed by atoms with Crippen LogP contribution in [0, 0.1) is 5.92 Å². The fraction of sp³-hybridized carbons (Fsp3) is 0.471. The summed E-state index contributed by atoms with van der Waals surface area (Å²) in [6.07, 6.45) is 5.77. The van der Waals surface area contributed by atoms with E-state index in [0.29, 0.717) is 18.1 Å². The first-order chi connectivity index (χ1) is 10.3. The summed E-state index contributed by atoms with van der Waals surface area (Å²) in [4.78, 5) is 12.3. The fourth-order valence-electron chi connectivity index (χ4n) is 3.01. The SMILES string of the molecule is O=C(NC1CCC(CO)CC1)C1=Cc2ccccc2OC1. The maximum atomic E-state index is 12.3. The highest BCUT2D eigenvalue weighted by molar-refractivity contribution is 5.99. The second kappa shape index (κ2) is 6.31. The third kappa shape index (κ3) is 3.27. The molecule has 0 aromatic heterocycles. The Labute approximate surface area is 124 Å². The van der Waals surface area contributed by atoms with Crippen molar-refractivity contribution in [1.29, 1.82) is 0 Å². The Morgan fingerprint density at radius 3 is 2.76 bits per heavy atom. The van der Waals surface area contributed by atoms with Crippen molar-refractivity contribution >= 4 is 12.0 Å². The summed E-state index contributed by atoms with van der Waals surface area (Å²) in [6.45, 7) is 0.589. The van der Waals surface area contributed by atoms with Crippen LogP contribution in [-0.2, 0) is 4.79 Å². The molecule has 3 rings (SSSR count). The van der Waals surface area contributed by atoms with E-state index in [1.165, 1.54) is 0 Å². The largest absolute Gasteiger partial charge is 0.488 e. The third-order valence-electron chi connectivity index (χ3n) is 4.36. The highest BCUT2D eigenvalue weighted by Gasteiger charge is 2.24. The Kier molecular flexibility index (Phi) is 4.25. The molecule has 21 heavy (non-hydrogen) atoms. The first-order valence-electron chi connectivity index (χ1n) is 7.60. The number of carbonyl (C=O) groups excluding carboxylic acids is 1. The number of carbonyl (C=O) groups is 1. The number of rotatable bonds is 3. The van der Waals surface area contributed by atoms with Crippen molar-refractivity contribution in [3.63, 3.8) is 0 Å².